The number of rotatable bonds is 1. The molecule has 78 valence electrons. The van der Waals surface area contributed by atoms with Crippen molar-refractivity contribution < 1.29 is 4.74 Å². The normalized spacial score (nSPS) is 26.6. The summed E-state index contributed by atoms with van der Waals surface area (Å²) in [5, 5.41) is 3.41. The fourth-order valence-corrected chi connectivity index (χ4v) is 1.57. The number of hydrogen-bond donors (Lipinski definition) is 1. The first-order chi connectivity index (χ1) is 6.36. The lowest BCUT2D eigenvalue weighted by Crippen LogP contribution is -2.40. The molecule has 0 bridgehead atoms. The highest BCUT2D eigenvalue weighted by molar-refractivity contribution is 5.85. The van der Waals surface area contributed by atoms with Crippen LogP contribution in [0.25, 0.3) is 0 Å². The highest BCUT2D eigenvalue weighted by Gasteiger charge is 2.18. The molecule has 1 N–H and O–H groups in total. The lowest BCUT2D eigenvalue weighted by Gasteiger charge is -2.28. The molecule has 2 atom stereocenters. The second kappa shape index (κ2) is 5.35. The van der Waals surface area contributed by atoms with E-state index in [-0.39, 0.29) is 18.5 Å². The summed E-state index contributed by atoms with van der Waals surface area (Å²) >= 11 is 0. The molecular weight excluding hydrogens is 198 g/mol. The van der Waals surface area contributed by atoms with Crippen LogP contribution in [0.3, 0.4) is 0 Å². The van der Waals surface area contributed by atoms with Gasteiger partial charge in [-0.25, -0.2) is 0 Å². The molecule has 2 rings (SSSR count). The highest BCUT2D eigenvalue weighted by Crippen LogP contribution is 2.19. The van der Waals surface area contributed by atoms with E-state index in [2.05, 4.69) is 36.5 Å². The van der Waals surface area contributed by atoms with Crippen LogP contribution in [0, 0.1) is 0 Å². The molecule has 0 amide bonds. The van der Waals surface area contributed by atoms with Crippen molar-refractivity contribution in [3.63, 3.8) is 0 Å². The molecule has 1 aromatic rings. The fraction of sp³-hybridized carbons (Fsp3) is 0.455. The maximum atomic E-state index is 5.71. The van der Waals surface area contributed by atoms with E-state index in [1.807, 2.05) is 6.07 Å². The molecule has 1 heterocycles. The van der Waals surface area contributed by atoms with Crippen molar-refractivity contribution in [1.29, 1.82) is 0 Å². The Labute approximate surface area is 91.1 Å². The Morgan fingerprint density at radius 1 is 1.29 bits per heavy atom. The predicted octanol–water partition coefficient (Wildman–Crippen LogP) is 2.16. The average molecular weight is 214 g/mol. The maximum Gasteiger partial charge on any atom is 0.0950 e. The summed E-state index contributed by atoms with van der Waals surface area (Å²) in [6, 6.07) is 10.8. The van der Waals surface area contributed by atoms with E-state index in [1.165, 1.54) is 5.56 Å². The molecule has 0 spiro atoms. The quantitative estimate of drug-likeness (QED) is 0.772. The molecule has 1 fully saturated rings. The van der Waals surface area contributed by atoms with E-state index in [0.717, 1.165) is 13.2 Å². The Balaban J connectivity index is 0.000000980. The molecule has 0 aliphatic carbocycles. The molecule has 3 heteroatoms. The van der Waals surface area contributed by atoms with E-state index < -0.39 is 0 Å². The molecule has 1 aliphatic rings. The van der Waals surface area contributed by atoms with Gasteiger partial charge in [-0.1, -0.05) is 30.3 Å². The Kier molecular flexibility index (Phi) is 4.39. The second-order valence-electron chi connectivity index (χ2n) is 3.54. The van der Waals surface area contributed by atoms with Crippen molar-refractivity contribution in [2.45, 2.75) is 19.1 Å². The molecule has 1 aliphatic heterocycles. The number of benzene rings is 1. The third kappa shape index (κ3) is 2.71. The minimum Gasteiger partial charge on any atom is -0.371 e. The van der Waals surface area contributed by atoms with Crippen molar-refractivity contribution in [2.24, 2.45) is 0 Å². The second-order valence-corrected chi connectivity index (χ2v) is 3.54. The smallest absolute Gasteiger partial charge is 0.0950 e. The number of hydrogen-bond acceptors (Lipinski definition) is 2. The summed E-state index contributed by atoms with van der Waals surface area (Å²) in [6.45, 7) is 3.87. The summed E-state index contributed by atoms with van der Waals surface area (Å²) in [4.78, 5) is 0. The summed E-state index contributed by atoms with van der Waals surface area (Å²) < 4.78 is 5.71. The number of morpholine rings is 1. The van der Waals surface area contributed by atoms with Crippen LogP contribution in [0.2, 0.25) is 0 Å². The van der Waals surface area contributed by atoms with Gasteiger partial charge in [0.15, 0.2) is 0 Å². The summed E-state index contributed by atoms with van der Waals surface area (Å²) in [6.07, 6.45) is 0.234. The largest absolute Gasteiger partial charge is 0.371 e. The van der Waals surface area contributed by atoms with Gasteiger partial charge in [-0.2, -0.15) is 0 Å². The number of nitrogens with one attached hydrogen (secondary N) is 1. The maximum absolute atomic E-state index is 5.71. The van der Waals surface area contributed by atoms with Crippen LogP contribution < -0.4 is 5.32 Å². The van der Waals surface area contributed by atoms with Crippen molar-refractivity contribution in [3.05, 3.63) is 35.9 Å². The van der Waals surface area contributed by atoms with Crippen molar-refractivity contribution in [1.82, 2.24) is 5.32 Å². The van der Waals surface area contributed by atoms with E-state index in [9.17, 15) is 0 Å². The zero-order valence-corrected chi connectivity index (χ0v) is 9.09. The van der Waals surface area contributed by atoms with Crippen LogP contribution in [0.1, 0.15) is 18.6 Å². The van der Waals surface area contributed by atoms with Gasteiger partial charge in [0, 0.05) is 12.6 Å². The molecule has 1 saturated heterocycles. The van der Waals surface area contributed by atoms with Gasteiger partial charge >= 0.3 is 0 Å². The van der Waals surface area contributed by atoms with Crippen molar-refractivity contribution >= 4 is 12.4 Å². The van der Waals surface area contributed by atoms with Gasteiger partial charge in [-0.3, -0.25) is 0 Å². The molecular formula is C11H16ClNO. The predicted molar refractivity (Wildman–Crippen MR) is 59.8 cm³/mol. The van der Waals surface area contributed by atoms with Gasteiger partial charge in [0.2, 0.25) is 0 Å². The third-order valence-corrected chi connectivity index (χ3v) is 2.37. The van der Waals surface area contributed by atoms with Gasteiger partial charge in [0.1, 0.15) is 0 Å². The van der Waals surface area contributed by atoms with E-state index in [1.54, 1.807) is 0 Å². The van der Waals surface area contributed by atoms with Crippen LogP contribution in [0.5, 0.6) is 0 Å². The zero-order chi connectivity index (χ0) is 9.10. The lowest BCUT2D eigenvalue weighted by molar-refractivity contribution is 0.00695. The summed E-state index contributed by atoms with van der Waals surface area (Å²) in [7, 11) is 0. The van der Waals surface area contributed by atoms with Gasteiger partial charge in [-0.05, 0) is 12.5 Å². The third-order valence-electron chi connectivity index (χ3n) is 2.37. The average Bonchev–Trinajstić information content (AvgIpc) is 2.20. The van der Waals surface area contributed by atoms with E-state index >= 15 is 0 Å². The van der Waals surface area contributed by atoms with Crippen LogP contribution in [-0.4, -0.2) is 19.2 Å². The van der Waals surface area contributed by atoms with E-state index in [4.69, 9.17) is 4.74 Å². The number of halogens is 1. The Morgan fingerprint density at radius 2 is 2.00 bits per heavy atom. The Hall–Kier alpha value is -0.570. The van der Waals surface area contributed by atoms with Crippen LogP contribution in [0.15, 0.2) is 30.3 Å². The fourth-order valence-electron chi connectivity index (χ4n) is 1.57. The molecule has 1 aromatic carbocycles. The van der Waals surface area contributed by atoms with Crippen LogP contribution >= 0.6 is 12.4 Å². The van der Waals surface area contributed by atoms with Crippen molar-refractivity contribution in [2.75, 3.05) is 13.2 Å². The minimum absolute atomic E-state index is 0. The first-order valence-corrected chi connectivity index (χ1v) is 4.76. The van der Waals surface area contributed by atoms with Crippen LogP contribution in [-0.2, 0) is 4.74 Å². The SMILES string of the molecule is CC1COC(c2ccccc2)CN1.Cl. The summed E-state index contributed by atoms with van der Waals surface area (Å²) in [5.74, 6) is 0. The van der Waals surface area contributed by atoms with E-state index in [0.29, 0.717) is 6.04 Å². The molecule has 0 aromatic heterocycles. The lowest BCUT2D eigenvalue weighted by atomic mass is 10.1. The first-order valence-electron chi connectivity index (χ1n) is 4.76. The summed E-state index contributed by atoms with van der Waals surface area (Å²) in [5.41, 5.74) is 1.27. The first kappa shape index (κ1) is 11.5. The molecule has 0 saturated carbocycles. The van der Waals surface area contributed by atoms with Gasteiger partial charge in [-0.15, -0.1) is 12.4 Å². The standard InChI is InChI=1S/C11H15NO.ClH/c1-9-8-13-11(7-12-9)10-5-3-2-4-6-10;/h2-6,9,11-12H,7-8H2,1H3;1H. The van der Waals surface area contributed by atoms with Gasteiger partial charge in [0.05, 0.1) is 12.7 Å². The van der Waals surface area contributed by atoms with Crippen molar-refractivity contribution in [3.8, 4) is 0 Å². The zero-order valence-electron chi connectivity index (χ0n) is 8.27. The Morgan fingerprint density at radius 3 is 2.57 bits per heavy atom. The van der Waals surface area contributed by atoms with Gasteiger partial charge in [0.25, 0.3) is 0 Å². The molecule has 14 heavy (non-hydrogen) atoms. The minimum atomic E-state index is 0. The molecule has 0 radical (unpaired) electrons. The Bertz CT molecular complexity index is 257. The monoisotopic (exact) mass is 213 g/mol. The molecule has 2 nitrogen and oxygen atoms in total. The van der Waals surface area contributed by atoms with Gasteiger partial charge < -0.3 is 10.1 Å². The molecule has 2 unspecified atom stereocenters. The number of ether oxygens (including phenoxy) is 1. The highest BCUT2D eigenvalue weighted by atomic mass is 35.5. The topological polar surface area (TPSA) is 21.3 Å². The van der Waals surface area contributed by atoms with Crippen LogP contribution in [0.4, 0.5) is 0 Å².